The van der Waals surface area contributed by atoms with Crippen molar-refractivity contribution in [3.05, 3.63) is 23.8 Å². The molecule has 0 bridgehead atoms. The quantitative estimate of drug-likeness (QED) is 0.693. The van der Waals surface area contributed by atoms with Gasteiger partial charge < -0.3 is 9.84 Å². The number of phenols is 1. The lowest BCUT2D eigenvalue weighted by Crippen LogP contribution is -1.88. The molecule has 1 aromatic rings. The van der Waals surface area contributed by atoms with E-state index < -0.39 is 0 Å². The second-order valence-electron chi connectivity index (χ2n) is 2.09. The lowest BCUT2D eigenvalue weighted by molar-refractivity contribution is 0.402. The Balaban J connectivity index is 3.13. The van der Waals surface area contributed by atoms with Crippen LogP contribution in [0.1, 0.15) is 5.56 Å². The molecule has 0 atom stereocenters. The number of ether oxygens (including phenoxy) is 1. The van der Waals surface area contributed by atoms with Gasteiger partial charge in [-0.1, -0.05) is 6.07 Å². The maximum atomic E-state index is 9.26. The van der Waals surface area contributed by atoms with Gasteiger partial charge in [0.15, 0.2) is 0 Å². The van der Waals surface area contributed by atoms with E-state index in [0.29, 0.717) is 11.3 Å². The Bertz CT molecular complexity index is 248. The van der Waals surface area contributed by atoms with Gasteiger partial charge in [-0.25, -0.2) is 0 Å². The molecule has 2 nitrogen and oxygen atoms in total. The molecule has 0 aliphatic heterocycles. The fourth-order valence-electron chi connectivity index (χ4n) is 0.880. The highest BCUT2D eigenvalue weighted by atomic mass is 35.5. The lowest BCUT2D eigenvalue weighted by atomic mass is 10.2. The second kappa shape index (κ2) is 3.49. The molecule has 0 amide bonds. The molecule has 0 aliphatic carbocycles. The molecule has 0 aromatic heterocycles. The smallest absolute Gasteiger partial charge is 0.126 e. The molecule has 1 N–H and O–H groups in total. The molecular weight excluding hydrogens is 164 g/mol. The van der Waals surface area contributed by atoms with Crippen molar-refractivity contribution >= 4 is 11.6 Å². The zero-order chi connectivity index (χ0) is 8.27. The fraction of sp³-hybridized carbons (Fsp3) is 0.250. The summed E-state index contributed by atoms with van der Waals surface area (Å²) in [5.41, 5.74) is 0.636. The molecule has 11 heavy (non-hydrogen) atoms. The van der Waals surface area contributed by atoms with Gasteiger partial charge in [-0.3, -0.25) is 0 Å². The molecule has 1 rings (SSSR count). The van der Waals surface area contributed by atoms with Crippen molar-refractivity contribution in [3.8, 4) is 11.5 Å². The Kier molecular flexibility index (Phi) is 2.60. The lowest BCUT2D eigenvalue weighted by Gasteiger charge is -2.06. The Morgan fingerprint density at radius 2 is 2.27 bits per heavy atom. The molecule has 3 heteroatoms. The van der Waals surface area contributed by atoms with E-state index in [-0.39, 0.29) is 11.6 Å². The number of rotatable bonds is 2. The van der Waals surface area contributed by atoms with E-state index >= 15 is 0 Å². The second-order valence-corrected chi connectivity index (χ2v) is 2.36. The van der Waals surface area contributed by atoms with Crippen LogP contribution in [0.3, 0.4) is 0 Å². The summed E-state index contributed by atoms with van der Waals surface area (Å²) in [5.74, 6) is 1.06. The first-order valence-electron chi connectivity index (χ1n) is 3.20. The first-order chi connectivity index (χ1) is 5.29. The number of methoxy groups -OCH3 is 1. The number of aromatic hydroxyl groups is 1. The third-order valence-electron chi connectivity index (χ3n) is 1.46. The number of halogens is 1. The number of hydrogen-bond donors (Lipinski definition) is 1. The first-order valence-corrected chi connectivity index (χ1v) is 3.74. The minimum absolute atomic E-state index is 0.180. The van der Waals surface area contributed by atoms with Gasteiger partial charge in [0.1, 0.15) is 11.5 Å². The van der Waals surface area contributed by atoms with Crippen LogP contribution in [0.2, 0.25) is 0 Å². The minimum atomic E-state index is 0.180. The van der Waals surface area contributed by atoms with Crippen molar-refractivity contribution in [1.29, 1.82) is 0 Å². The molecule has 0 radical (unpaired) electrons. The number of alkyl halides is 1. The van der Waals surface area contributed by atoms with Gasteiger partial charge in [0.05, 0.1) is 18.6 Å². The minimum Gasteiger partial charge on any atom is -0.507 e. The summed E-state index contributed by atoms with van der Waals surface area (Å²) in [7, 11) is 1.55. The van der Waals surface area contributed by atoms with Crippen LogP contribution in [-0.4, -0.2) is 12.2 Å². The van der Waals surface area contributed by atoms with E-state index in [2.05, 4.69) is 0 Å². The molecule has 1 aromatic carbocycles. The summed E-state index contributed by atoms with van der Waals surface area (Å²) < 4.78 is 4.97. The van der Waals surface area contributed by atoms with Crippen molar-refractivity contribution in [3.63, 3.8) is 0 Å². The normalized spacial score (nSPS) is 9.64. The van der Waals surface area contributed by atoms with Crippen molar-refractivity contribution in [2.75, 3.05) is 7.11 Å². The summed E-state index contributed by atoms with van der Waals surface area (Å²) in [6.45, 7) is 0. The third kappa shape index (κ3) is 1.57. The van der Waals surface area contributed by atoms with Gasteiger partial charge in [0.25, 0.3) is 0 Å². The summed E-state index contributed by atoms with van der Waals surface area (Å²) in [6, 6.07) is 5.06. The Morgan fingerprint density at radius 1 is 1.55 bits per heavy atom. The van der Waals surface area contributed by atoms with Gasteiger partial charge in [-0.15, -0.1) is 11.6 Å². The molecule has 0 aliphatic rings. The van der Waals surface area contributed by atoms with E-state index in [1.54, 1.807) is 25.3 Å². The summed E-state index contributed by atoms with van der Waals surface area (Å²) in [4.78, 5) is 0. The van der Waals surface area contributed by atoms with Crippen molar-refractivity contribution < 1.29 is 9.84 Å². The fourth-order valence-corrected chi connectivity index (χ4v) is 1.15. The standard InChI is InChI=1S/C8H9ClO2/c1-11-8-4-2-3-7(10)6(8)5-9/h2-4,10H,5H2,1H3. The van der Waals surface area contributed by atoms with Gasteiger partial charge >= 0.3 is 0 Å². The van der Waals surface area contributed by atoms with E-state index in [0.717, 1.165) is 0 Å². The third-order valence-corrected chi connectivity index (χ3v) is 1.73. The number of phenolic OH excluding ortho intramolecular Hbond substituents is 1. The van der Waals surface area contributed by atoms with Crippen LogP contribution in [0, 0.1) is 0 Å². The summed E-state index contributed by atoms with van der Waals surface area (Å²) >= 11 is 5.58. The SMILES string of the molecule is COc1cccc(O)c1CCl. The molecule has 0 spiro atoms. The van der Waals surface area contributed by atoms with Gasteiger partial charge in [0, 0.05) is 0 Å². The van der Waals surface area contributed by atoms with Gasteiger partial charge in [-0.05, 0) is 12.1 Å². The average molecular weight is 173 g/mol. The van der Waals surface area contributed by atoms with Crippen molar-refractivity contribution in [2.24, 2.45) is 0 Å². The topological polar surface area (TPSA) is 29.5 Å². The largest absolute Gasteiger partial charge is 0.507 e. The summed E-state index contributed by atoms with van der Waals surface area (Å²) in [5, 5.41) is 9.26. The molecule has 0 unspecified atom stereocenters. The summed E-state index contributed by atoms with van der Waals surface area (Å²) in [6.07, 6.45) is 0. The van der Waals surface area contributed by atoms with Crippen molar-refractivity contribution in [2.45, 2.75) is 5.88 Å². The van der Waals surface area contributed by atoms with Crippen LogP contribution in [0.25, 0.3) is 0 Å². The molecule has 0 fully saturated rings. The maximum absolute atomic E-state index is 9.26. The van der Waals surface area contributed by atoms with E-state index in [1.807, 2.05) is 0 Å². The Hall–Kier alpha value is -0.890. The monoisotopic (exact) mass is 172 g/mol. The predicted molar refractivity (Wildman–Crippen MR) is 44.2 cm³/mol. The average Bonchev–Trinajstić information content (AvgIpc) is 2.04. The zero-order valence-corrected chi connectivity index (χ0v) is 6.93. The van der Waals surface area contributed by atoms with Crippen LogP contribution in [0.5, 0.6) is 11.5 Å². The highest BCUT2D eigenvalue weighted by molar-refractivity contribution is 6.17. The van der Waals surface area contributed by atoms with Gasteiger partial charge in [-0.2, -0.15) is 0 Å². The van der Waals surface area contributed by atoms with Crippen LogP contribution < -0.4 is 4.74 Å². The van der Waals surface area contributed by atoms with Crippen LogP contribution in [0.15, 0.2) is 18.2 Å². The number of hydrogen-bond acceptors (Lipinski definition) is 2. The first kappa shape index (κ1) is 8.21. The van der Waals surface area contributed by atoms with E-state index in [1.165, 1.54) is 0 Å². The molecule has 0 saturated carbocycles. The van der Waals surface area contributed by atoms with Crippen LogP contribution in [0.4, 0.5) is 0 Å². The zero-order valence-electron chi connectivity index (χ0n) is 6.17. The van der Waals surface area contributed by atoms with E-state index in [9.17, 15) is 5.11 Å². The molecule has 0 heterocycles. The van der Waals surface area contributed by atoms with E-state index in [4.69, 9.17) is 16.3 Å². The van der Waals surface area contributed by atoms with Crippen LogP contribution in [-0.2, 0) is 5.88 Å². The molecular formula is C8H9ClO2. The van der Waals surface area contributed by atoms with Crippen molar-refractivity contribution in [1.82, 2.24) is 0 Å². The van der Waals surface area contributed by atoms with Crippen LogP contribution >= 0.6 is 11.6 Å². The highest BCUT2D eigenvalue weighted by Crippen LogP contribution is 2.28. The Labute approximate surface area is 70.4 Å². The molecule has 0 saturated heterocycles. The Morgan fingerprint density at radius 3 is 2.73 bits per heavy atom. The van der Waals surface area contributed by atoms with Gasteiger partial charge in [0.2, 0.25) is 0 Å². The highest BCUT2D eigenvalue weighted by Gasteiger charge is 2.05. The number of benzene rings is 1. The molecule has 60 valence electrons. The predicted octanol–water partition coefficient (Wildman–Crippen LogP) is 2.14. The maximum Gasteiger partial charge on any atom is 0.126 e.